The van der Waals surface area contributed by atoms with E-state index in [-0.39, 0.29) is 17.0 Å². The van der Waals surface area contributed by atoms with Crippen LogP contribution in [0.25, 0.3) is 0 Å². The van der Waals surface area contributed by atoms with Crippen LogP contribution in [0, 0.1) is 0 Å². The van der Waals surface area contributed by atoms with Gasteiger partial charge >= 0.3 is 0 Å². The first kappa shape index (κ1) is 13.4. The van der Waals surface area contributed by atoms with E-state index in [2.05, 4.69) is 37.2 Å². The zero-order chi connectivity index (χ0) is 12.0. The number of carbonyl (C=O) groups is 2. The van der Waals surface area contributed by atoms with Gasteiger partial charge in [-0.3, -0.25) is 9.59 Å². The van der Waals surface area contributed by atoms with E-state index >= 15 is 0 Å². The predicted molar refractivity (Wildman–Crippen MR) is 71.6 cm³/mol. The molecule has 0 aliphatic carbocycles. The second-order valence-electron chi connectivity index (χ2n) is 3.09. The van der Waals surface area contributed by atoms with Crippen LogP contribution >= 0.6 is 31.9 Å². The van der Waals surface area contributed by atoms with Gasteiger partial charge in [-0.25, -0.2) is 0 Å². The number of nitrogens with one attached hydrogen (secondary N) is 1. The minimum absolute atomic E-state index is 0.0161. The van der Waals surface area contributed by atoms with E-state index < -0.39 is 0 Å². The molecule has 0 radical (unpaired) electrons. The highest BCUT2D eigenvalue weighted by Gasteiger charge is 2.11. The van der Waals surface area contributed by atoms with E-state index in [1.165, 1.54) is 0 Å². The minimum atomic E-state index is -0.168. The molecule has 0 unspecified atom stereocenters. The molecule has 16 heavy (non-hydrogen) atoms. The first-order valence-electron chi connectivity index (χ1n) is 4.73. The number of hydrogen-bond acceptors (Lipinski definition) is 2. The molecule has 1 aromatic rings. The van der Waals surface area contributed by atoms with Gasteiger partial charge in [-0.15, -0.1) is 0 Å². The lowest BCUT2D eigenvalue weighted by molar-refractivity contribution is -0.113. The van der Waals surface area contributed by atoms with E-state index in [0.717, 1.165) is 0 Å². The average Bonchev–Trinajstić information content (AvgIpc) is 2.30. The number of benzene rings is 1. The number of rotatable bonds is 5. The van der Waals surface area contributed by atoms with Gasteiger partial charge in [0.05, 0.1) is 11.0 Å². The Morgan fingerprint density at radius 2 is 1.88 bits per heavy atom. The Bertz CT molecular complexity index is 393. The molecule has 0 saturated carbocycles. The van der Waals surface area contributed by atoms with Crippen molar-refractivity contribution in [3.8, 4) is 0 Å². The highest BCUT2D eigenvalue weighted by molar-refractivity contribution is 9.09. The van der Waals surface area contributed by atoms with E-state index in [1.54, 1.807) is 24.3 Å². The monoisotopic (exact) mass is 347 g/mol. The van der Waals surface area contributed by atoms with Gasteiger partial charge in [0, 0.05) is 17.3 Å². The third-order valence-corrected chi connectivity index (χ3v) is 2.85. The van der Waals surface area contributed by atoms with Gasteiger partial charge in [0.1, 0.15) is 0 Å². The maximum Gasteiger partial charge on any atom is 0.235 e. The molecule has 0 aliphatic rings. The number of ketones is 1. The number of para-hydroxylation sites is 1. The Balaban J connectivity index is 2.91. The van der Waals surface area contributed by atoms with Gasteiger partial charge in [-0.2, -0.15) is 0 Å². The van der Waals surface area contributed by atoms with E-state index in [0.29, 0.717) is 23.0 Å². The van der Waals surface area contributed by atoms with Crippen molar-refractivity contribution in [1.82, 2.24) is 0 Å². The summed E-state index contributed by atoms with van der Waals surface area (Å²) in [6.45, 7) is 0. The van der Waals surface area contributed by atoms with Crippen molar-refractivity contribution in [2.24, 2.45) is 0 Å². The smallest absolute Gasteiger partial charge is 0.235 e. The van der Waals surface area contributed by atoms with Crippen LogP contribution < -0.4 is 5.32 Å². The highest BCUT2D eigenvalue weighted by Crippen LogP contribution is 2.17. The van der Waals surface area contributed by atoms with Crippen molar-refractivity contribution in [3.05, 3.63) is 29.8 Å². The van der Waals surface area contributed by atoms with Crippen molar-refractivity contribution in [2.75, 3.05) is 16.0 Å². The SMILES string of the molecule is O=C(CBr)Nc1ccccc1C(=O)CCBr. The average molecular weight is 349 g/mol. The van der Waals surface area contributed by atoms with Crippen LogP contribution in [0.2, 0.25) is 0 Å². The Hall–Kier alpha value is -0.680. The van der Waals surface area contributed by atoms with Crippen molar-refractivity contribution in [3.63, 3.8) is 0 Å². The second-order valence-corrected chi connectivity index (χ2v) is 4.44. The lowest BCUT2D eigenvalue weighted by atomic mass is 10.1. The Morgan fingerprint density at radius 1 is 1.19 bits per heavy atom. The normalized spacial score (nSPS) is 9.88. The number of Topliss-reactive ketones (excluding diaryl/α,β-unsaturated/α-hetero) is 1. The maximum atomic E-state index is 11.7. The lowest BCUT2D eigenvalue weighted by Crippen LogP contribution is -2.15. The molecule has 1 rings (SSSR count). The molecule has 0 bridgehead atoms. The molecule has 0 spiro atoms. The van der Waals surface area contributed by atoms with Crippen molar-refractivity contribution < 1.29 is 9.59 Å². The first-order chi connectivity index (χ1) is 7.69. The van der Waals surface area contributed by atoms with Crippen LogP contribution in [0.1, 0.15) is 16.8 Å². The first-order valence-corrected chi connectivity index (χ1v) is 6.97. The second kappa shape index (κ2) is 6.81. The zero-order valence-electron chi connectivity index (χ0n) is 8.50. The molecular weight excluding hydrogens is 338 g/mol. The Kier molecular flexibility index (Phi) is 5.69. The summed E-state index contributed by atoms with van der Waals surface area (Å²) in [7, 11) is 0. The van der Waals surface area contributed by atoms with Gasteiger partial charge in [0.2, 0.25) is 5.91 Å². The van der Waals surface area contributed by atoms with Crippen molar-refractivity contribution in [1.29, 1.82) is 0 Å². The fourth-order valence-electron chi connectivity index (χ4n) is 1.24. The van der Waals surface area contributed by atoms with E-state index in [9.17, 15) is 9.59 Å². The summed E-state index contributed by atoms with van der Waals surface area (Å²) in [4.78, 5) is 23.0. The van der Waals surface area contributed by atoms with Crippen LogP contribution in [-0.2, 0) is 4.79 Å². The number of carbonyl (C=O) groups excluding carboxylic acids is 2. The Morgan fingerprint density at radius 3 is 2.50 bits per heavy atom. The molecule has 86 valence electrons. The molecule has 0 aliphatic heterocycles. The van der Waals surface area contributed by atoms with Crippen LogP contribution in [0.3, 0.4) is 0 Å². The summed E-state index contributed by atoms with van der Waals surface area (Å²) in [6.07, 6.45) is 0.418. The lowest BCUT2D eigenvalue weighted by Gasteiger charge is -2.08. The molecule has 1 amide bonds. The molecular formula is C11H11Br2NO2. The van der Waals surface area contributed by atoms with Crippen molar-refractivity contribution in [2.45, 2.75) is 6.42 Å². The molecule has 5 heteroatoms. The van der Waals surface area contributed by atoms with E-state index in [1.807, 2.05) is 0 Å². The number of hydrogen-bond donors (Lipinski definition) is 1. The fourth-order valence-corrected chi connectivity index (χ4v) is 1.74. The molecule has 3 nitrogen and oxygen atoms in total. The predicted octanol–water partition coefficient (Wildman–Crippen LogP) is 2.99. The number of halogens is 2. The number of anilines is 1. The van der Waals surface area contributed by atoms with Gasteiger partial charge in [-0.1, -0.05) is 44.0 Å². The van der Waals surface area contributed by atoms with Crippen LogP contribution in [0.15, 0.2) is 24.3 Å². The summed E-state index contributed by atoms with van der Waals surface area (Å²) < 4.78 is 0. The van der Waals surface area contributed by atoms with Crippen LogP contribution in [-0.4, -0.2) is 22.4 Å². The molecule has 0 atom stereocenters. The van der Waals surface area contributed by atoms with Gasteiger partial charge in [0.25, 0.3) is 0 Å². The summed E-state index contributed by atoms with van der Waals surface area (Å²) in [6, 6.07) is 7.01. The number of alkyl halides is 2. The zero-order valence-corrected chi connectivity index (χ0v) is 11.7. The third-order valence-electron chi connectivity index (χ3n) is 1.94. The van der Waals surface area contributed by atoms with Crippen LogP contribution in [0.4, 0.5) is 5.69 Å². The highest BCUT2D eigenvalue weighted by atomic mass is 79.9. The molecule has 1 N–H and O–H groups in total. The maximum absolute atomic E-state index is 11.7. The topological polar surface area (TPSA) is 46.2 Å². The molecule has 0 saturated heterocycles. The summed E-state index contributed by atoms with van der Waals surface area (Å²) in [5, 5.41) is 3.51. The van der Waals surface area contributed by atoms with E-state index in [4.69, 9.17) is 0 Å². The fraction of sp³-hybridized carbons (Fsp3) is 0.273. The van der Waals surface area contributed by atoms with Gasteiger partial charge < -0.3 is 5.32 Å². The molecule has 0 heterocycles. The van der Waals surface area contributed by atoms with Gasteiger partial charge in [0.15, 0.2) is 5.78 Å². The van der Waals surface area contributed by atoms with Crippen molar-refractivity contribution >= 4 is 49.2 Å². The molecule has 1 aromatic carbocycles. The summed E-state index contributed by atoms with van der Waals surface area (Å²) in [5.41, 5.74) is 1.12. The minimum Gasteiger partial charge on any atom is -0.325 e. The molecule has 0 aromatic heterocycles. The van der Waals surface area contributed by atoms with Gasteiger partial charge in [-0.05, 0) is 12.1 Å². The third kappa shape index (κ3) is 3.72. The molecule has 0 fully saturated rings. The largest absolute Gasteiger partial charge is 0.325 e. The number of amides is 1. The van der Waals surface area contributed by atoms with Crippen LogP contribution in [0.5, 0.6) is 0 Å². The summed E-state index contributed by atoms with van der Waals surface area (Å²) >= 11 is 6.28. The summed E-state index contributed by atoms with van der Waals surface area (Å²) in [5.74, 6) is -0.151. The standard InChI is InChI=1S/C11H11Br2NO2/c12-6-5-10(15)8-3-1-2-4-9(8)14-11(16)7-13/h1-4H,5-7H2,(H,14,16). The quantitative estimate of drug-likeness (QED) is 0.656. The Labute approximate surface area is 111 Å².